The molecule has 0 aromatic heterocycles. The molecule has 1 N–H and O–H groups in total. The van der Waals surface area contributed by atoms with E-state index in [1.807, 2.05) is 36.4 Å². The molecular weight excluding hydrogens is 298 g/mol. The summed E-state index contributed by atoms with van der Waals surface area (Å²) in [5.74, 6) is 0. The largest absolute Gasteiger partial charge is 0.445 e. The molecule has 24 heavy (non-hydrogen) atoms. The van der Waals surface area contributed by atoms with Gasteiger partial charge in [0, 0.05) is 6.04 Å². The smallest absolute Gasteiger partial charge is 0.407 e. The highest BCUT2D eigenvalue weighted by Crippen LogP contribution is 2.12. The predicted octanol–water partition coefficient (Wildman–Crippen LogP) is 6.00. The minimum absolute atomic E-state index is 0.126. The van der Waals surface area contributed by atoms with Gasteiger partial charge in [-0.2, -0.15) is 0 Å². The molecule has 134 valence electrons. The van der Waals surface area contributed by atoms with Crippen molar-refractivity contribution in [2.45, 2.75) is 77.4 Å². The first-order chi connectivity index (χ1) is 11.8. The zero-order chi connectivity index (χ0) is 17.5. The van der Waals surface area contributed by atoms with E-state index in [2.05, 4.69) is 18.8 Å². The van der Waals surface area contributed by atoms with Crippen LogP contribution < -0.4 is 5.32 Å². The molecule has 0 spiro atoms. The van der Waals surface area contributed by atoms with Gasteiger partial charge in [0.2, 0.25) is 0 Å². The zero-order valence-corrected chi connectivity index (χ0v) is 15.1. The molecule has 0 saturated heterocycles. The number of alkyl carbamates (subject to hydrolysis) is 1. The Morgan fingerprint density at radius 2 is 1.79 bits per heavy atom. The van der Waals surface area contributed by atoms with Crippen LogP contribution in [0.1, 0.15) is 70.3 Å². The fourth-order valence-electron chi connectivity index (χ4n) is 2.73. The van der Waals surface area contributed by atoms with E-state index in [0.717, 1.165) is 24.8 Å². The molecule has 0 aliphatic heterocycles. The normalized spacial score (nSPS) is 11.7. The summed E-state index contributed by atoms with van der Waals surface area (Å²) < 4.78 is 5.29. The second-order valence-corrected chi connectivity index (χ2v) is 6.34. The van der Waals surface area contributed by atoms with Gasteiger partial charge in [0.1, 0.15) is 6.61 Å². The van der Waals surface area contributed by atoms with Crippen molar-refractivity contribution < 1.29 is 9.53 Å². The van der Waals surface area contributed by atoms with E-state index in [9.17, 15) is 4.79 Å². The highest BCUT2D eigenvalue weighted by atomic mass is 16.5. The SMILES string of the molecule is C=CC[C@H](CCCCCCCCC)NC(=O)OCc1ccccc1. The Balaban J connectivity index is 2.19. The van der Waals surface area contributed by atoms with Crippen LogP contribution in [0.15, 0.2) is 43.0 Å². The Labute approximate surface area is 147 Å². The summed E-state index contributed by atoms with van der Waals surface area (Å²) in [6, 6.07) is 9.86. The van der Waals surface area contributed by atoms with Gasteiger partial charge in [-0.3, -0.25) is 0 Å². The molecule has 0 unspecified atom stereocenters. The molecule has 1 atom stereocenters. The lowest BCUT2D eigenvalue weighted by Crippen LogP contribution is -2.34. The molecule has 1 amide bonds. The van der Waals surface area contributed by atoms with Crippen LogP contribution in [0.2, 0.25) is 0 Å². The van der Waals surface area contributed by atoms with Gasteiger partial charge in [-0.1, -0.05) is 88.3 Å². The lowest BCUT2D eigenvalue weighted by atomic mass is 10.0. The van der Waals surface area contributed by atoms with Crippen LogP contribution in [-0.4, -0.2) is 12.1 Å². The lowest BCUT2D eigenvalue weighted by molar-refractivity contribution is 0.135. The number of hydrogen-bond donors (Lipinski definition) is 1. The van der Waals surface area contributed by atoms with E-state index in [1.54, 1.807) is 0 Å². The minimum Gasteiger partial charge on any atom is -0.445 e. The quantitative estimate of drug-likeness (QED) is 0.356. The van der Waals surface area contributed by atoms with Crippen LogP contribution >= 0.6 is 0 Å². The van der Waals surface area contributed by atoms with E-state index >= 15 is 0 Å². The maximum Gasteiger partial charge on any atom is 0.407 e. The number of benzene rings is 1. The lowest BCUT2D eigenvalue weighted by Gasteiger charge is -2.17. The second-order valence-electron chi connectivity index (χ2n) is 6.34. The summed E-state index contributed by atoms with van der Waals surface area (Å²) in [6.07, 6.45) is 12.3. The molecule has 0 radical (unpaired) electrons. The van der Waals surface area contributed by atoms with Gasteiger partial charge in [0.05, 0.1) is 0 Å². The van der Waals surface area contributed by atoms with Crippen LogP contribution in [0, 0.1) is 0 Å². The van der Waals surface area contributed by atoms with Crippen molar-refractivity contribution in [3.63, 3.8) is 0 Å². The Morgan fingerprint density at radius 1 is 1.12 bits per heavy atom. The number of amides is 1. The maximum atomic E-state index is 11.9. The molecule has 0 fully saturated rings. The number of hydrogen-bond acceptors (Lipinski definition) is 2. The molecule has 1 aromatic rings. The average Bonchev–Trinajstić information content (AvgIpc) is 2.60. The van der Waals surface area contributed by atoms with Crippen molar-refractivity contribution in [2.75, 3.05) is 0 Å². The summed E-state index contributed by atoms with van der Waals surface area (Å²) >= 11 is 0. The Bertz CT molecular complexity index is 444. The van der Waals surface area contributed by atoms with Gasteiger partial charge in [-0.05, 0) is 18.4 Å². The topological polar surface area (TPSA) is 38.3 Å². The number of carbonyl (C=O) groups excluding carboxylic acids is 1. The van der Waals surface area contributed by atoms with Crippen molar-refractivity contribution in [3.05, 3.63) is 48.6 Å². The number of carbonyl (C=O) groups is 1. The first kappa shape index (κ1) is 20.3. The molecular formula is C21H33NO2. The van der Waals surface area contributed by atoms with Crippen LogP contribution in [0.5, 0.6) is 0 Å². The van der Waals surface area contributed by atoms with Gasteiger partial charge in [0.25, 0.3) is 0 Å². The Morgan fingerprint density at radius 3 is 2.46 bits per heavy atom. The third kappa shape index (κ3) is 10.1. The molecule has 0 saturated carbocycles. The Hall–Kier alpha value is -1.77. The molecule has 0 aliphatic rings. The van der Waals surface area contributed by atoms with Crippen molar-refractivity contribution >= 4 is 6.09 Å². The van der Waals surface area contributed by atoms with Crippen LogP contribution in [0.4, 0.5) is 4.79 Å². The minimum atomic E-state index is -0.339. The fraction of sp³-hybridized carbons (Fsp3) is 0.571. The third-order valence-corrected chi connectivity index (χ3v) is 4.14. The monoisotopic (exact) mass is 331 g/mol. The average molecular weight is 332 g/mol. The van der Waals surface area contributed by atoms with Crippen molar-refractivity contribution in [1.29, 1.82) is 0 Å². The summed E-state index contributed by atoms with van der Waals surface area (Å²) in [4.78, 5) is 11.9. The van der Waals surface area contributed by atoms with Crippen LogP contribution in [0.25, 0.3) is 0 Å². The van der Waals surface area contributed by atoms with Crippen molar-refractivity contribution in [2.24, 2.45) is 0 Å². The standard InChI is InChI=1S/C21H33NO2/c1-3-5-6-7-8-9-13-17-20(14-4-2)22-21(23)24-18-19-15-11-10-12-16-19/h4,10-12,15-16,20H,2-3,5-9,13-14,17-18H2,1H3,(H,22,23)/t20-/m1/s1. The highest BCUT2D eigenvalue weighted by molar-refractivity contribution is 5.67. The van der Waals surface area contributed by atoms with E-state index in [1.165, 1.54) is 38.5 Å². The fourth-order valence-corrected chi connectivity index (χ4v) is 2.73. The maximum absolute atomic E-state index is 11.9. The second kappa shape index (κ2) is 13.6. The molecule has 1 aromatic carbocycles. The van der Waals surface area contributed by atoms with Crippen molar-refractivity contribution in [3.8, 4) is 0 Å². The first-order valence-electron chi connectivity index (χ1n) is 9.34. The molecule has 3 heteroatoms. The van der Waals surface area contributed by atoms with Gasteiger partial charge < -0.3 is 10.1 Å². The van der Waals surface area contributed by atoms with E-state index < -0.39 is 0 Å². The summed E-state index contributed by atoms with van der Waals surface area (Å²) in [5, 5.41) is 2.97. The van der Waals surface area contributed by atoms with Gasteiger partial charge in [-0.15, -0.1) is 6.58 Å². The molecule has 3 nitrogen and oxygen atoms in total. The van der Waals surface area contributed by atoms with Gasteiger partial charge >= 0.3 is 6.09 Å². The number of nitrogens with one attached hydrogen (secondary N) is 1. The summed E-state index contributed by atoms with van der Waals surface area (Å²) in [6.45, 7) is 6.34. The summed E-state index contributed by atoms with van der Waals surface area (Å²) in [5.41, 5.74) is 1.000. The number of rotatable bonds is 13. The van der Waals surface area contributed by atoms with Gasteiger partial charge in [-0.25, -0.2) is 4.79 Å². The third-order valence-electron chi connectivity index (χ3n) is 4.14. The Kier molecular flexibility index (Phi) is 11.5. The molecule has 0 heterocycles. The molecule has 1 rings (SSSR count). The van der Waals surface area contributed by atoms with Gasteiger partial charge in [0.15, 0.2) is 0 Å². The first-order valence-corrected chi connectivity index (χ1v) is 9.34. The van der Waals surface area contributed by atoms with E-state index in [4.69, 9.17) is 4.74 Å². The van der Waals surface area contributed by atoms with E-state index in [0.29, 0.717) is 6.61 Å². The number of ether oxygens (including phenoxy) is 1. The van der Waals surface area contributed by atoms with E-state index in [-0.39, 0.29) is 12.1 Å². The molecule has 0 aliphatic carbocycles. The molecule has 0 bridgehead atoms. The van der Waals surface area contributed by atoms with Crippen molar-refractivity contribution in [1.82, 2.24) is 5.32 Å². The summed E-state index contributed by atoms with van der Waals surface area (Å²) in [7, 11) is 0. The van der Waals surface area contributed by atoms with Crippen LogP contribution in [-0.2, 0) is 11.3 Å². The van der Waals surface area contributed by atoms with Crippen LogP contribution in [0.3, 0.4) is 0 Å². The number of unbranched alkanes of at least 4 members (excludes halogenated alkanes) is 6. The predicted molar refractivity (Wildman–Crippen MR) is 101 cm³/mol. The zero-order valence-electron chi connectivity index (χ0n) is 15.1. The highest BCUT2D eigenvalue weighted by Gasteiger charge is 2.11.